The Morgan fingerprint density at radius 2 is 1.85 bits per heavy atom. The molecule has 4 nitrogen and oxygen atoms in total. The Morgan fingerprint density at radius 3 is 2.46 bits per heavy atom. The van der Waals surface area contributed by atoms with Crippen LogP contribution in [0, 0.1) is 13.8 Å². The lowest BCUT2D eigenvalue weighted by Gasteiger charge is -2.21. The van der Waals surface area contributed by atoms with Crippen LogP contribution >= 0.6 is 35.1 Å². The number of aromatic nitrogens is 1. The third kappa shape index (κ3) is 4.62. The maximum Gasteiger partial charge on any atom is 0.234 e. The zero-order valence-electron chi connectivity index (χ0n) is 15.5. The van der Waals surface area contributed by atoms with E-state index in [2.05, 4.69) is 30.9 Å². The molecular weight excluding hydrogens is 386 g/mol. The standard InChI is InChI=1S/C19H23N3OS2.ClH/c1-13-7-8-14(2)18-17(13)20-19(25-18)22(10-9-21(3)4)16(23)12-15-6-5-11-24-15;/h5-8,11H,9-10,12H2,1-4H3;1H. The quantitative estimate of drug-likeness (QED) is 0.599. The topological polar surface area (TPSA) is 36.4 Å². The number of halogens is 1. The molecule has 0 aliphatic carbocycles. The second kappa shape index (κ2) is 8.95. The summed E-state index contributed by atoms with van der Waals surface area (Å²) in [6, 6.07) is 8.22. The minimum Gasteiger partial charge on any atom is -0.308 e. The van der Waals surface area contributed by atoms with Gasteiger partial charge >= 0.3 is 0 Å². The predicted molar refractivity (Wildman–Crippen MR) is 115 cm³/mol. The van der Waals surface area contributed by atoms with Crippen molar-refractivity contribution in [3.05, 3.63) is 45.6 Å². The Hall–Kier alpha value is -1.47. The van der Waals surface area contributed by atoms with Crippen LogP contribution in [0.4, 0.5) is 5.13 Å². The SMILES string of the molecule is Cc1ccc(C)c2sc(N(CCN(C)C)C(=O)Cc3cccs3)nc12.Cl. The maximum atomic E-state index is 13.0. The first-order valence-electron chi connectivity index (χ1n) is 8.30. The normalized spacial score (nSPS) is 11.0. The van der Waals surface area contributed by atoms with Crippen molar-refractivity contribution < 1.29 is 4.79 Å². The number of hydrogen-bond acceptors (Lipinski definition) is 5. The highest BCUT2D eigenvalue weighted by Crippen LogP contribution is 2.33. The average Bonchev–Trinajstić information content (AvgIpc) is 3.21. The van der Waals surface area contributed by atoms with E-state index in [1.807, 2.05) is 36.5 Å². The van der Waals surface area contributed by atoms with Crippen molar-refractivity contribution >= 4 is 56.3 Å². The van der Waals surface area contributed by atoms with Crippen LogP contribution < -0.4 is 4.90 Å². The van der Waals surface area contributed by atoms with E-state index in [4.69, 9.17) is 4.98 Å². The smallest absolute Gasteiger partial charge is 0.234 e. The fourth-order valence-electron chi connectivity index (χ4n) is 2.65. The van der Waals surface area contributed by atoms with Crippen LogP contribution in [0.1, 0.15) is 16.0 Å². The number of benzene rings is 1. The Balaban J connectivity index is 0.00000243. The number of nitrogens with zero attached hydrogens (tertiary/aromatic N) is 3. The number of amides is 1. The van der Waals surface area contributed by atoms with Gasteiger partial charge in [0, 0.05) is 18.0 Å². The van der Waals surface area contributed by atoms with E-state index in [0.717, 1.165) is 27.6 Å². The molecule has 0 radical (unpaired) electrons. The third-order valence-electron chi connectivity index (χ3n) is 4.14. The highest BCUT2D eigenvalue weighted by atomic mass is 35.5. The molecule has 7 heteroatoms. The maximum absolute atomic E-state index is 13.0. The molecule has 3 aromatic rings. The summed E-state index contributed by atoms with van der Waals surface area (Å²) >= 11 is 3.24. The summed E-state index contributed by atoms with van der Waals surface area (Å²) < 4.78 is 1.17. The van der Waals surface area contributed by atoms with Gasteiger partial charge in [-0.1, -0.05) is 29.5 Å². The Morgan fingerprint density at radius 1 is 1.12 bits per heavy atom. The number of rotatable bonds is 6. The van der Waals surface area contributed by atoms with Gasteiger partial charge in [0.1, 0.15) is 0 Å². The fraction of sp³-hybridized carbons (Fsp3) is 0.368. The van der Waals surface area contributed by atoms with Crippen molar-refractivity contribution in [2.75, 3.05) is 32.1 Å². The molecule has 140 valence electrons. The lowest BCUT2D eigenvalue weighted by molar-refractivity contribution is -0.118. The summed E-state index contributed by atoms with van der Waals surface area (Å²) in [5, 5.41) is 2.81. The van der Waals surface area contributed by atoms with Gasteiger partial charge in [-0.3, -0.25) is 9.69 Å². The molecule has 0 bridgehead atoms. The zero-order valence-corrected chi connectivity index (χ0v) is 17.9. The molecule has 0 fully saturated rings. The van der Waals surface area contributed by atoms with Gasteiger partial charge in [-0.2, -0.15) is 0 Å². The lowest BCUT2D eigenvalue weighted by atomic mass is 10.1. The number of thiophene rings is 1. The highest BCUT2D eigenvalue weighted by Gasteiger charge is 2.21. The molecule has 0 spiro atoms. The molecular formula is C19H24ClN3OS2. The first kappa shape index (κ1) is 20.8. The monoisotopic (exact) mass is 409 g/mol. The van der Waals surface area contributed by atoms with E-state index in [1.54, 1.807) is 22.7 Å². The Bertz CT molecular complexity index is 835. The number of likely N-dealkylation sites (N-methyl/N-ethyl adjacent to an activating group) is 1. The summed E-state index contributed by atoms with van der Waals surface area (Å²) in [6.07, 6.45) is 0.430. The van der Waals surface area contributed by atoms with Gasteiger partial charge in [0.2, 0.25) is 5.91 Å². The number of fused-ring (bicyclic) bond motifs is 1. The summed E-state index contributed by atoms with van der Waals surface area (Å²) in [7, 11) is 4.04. The van der Waals surface area contributed by atoms with E-state index >= 15 is 0 Å². The van der Waals surface area contributed by atoms with Crippen molar-refractivity contribution in [2.45, 2.75) is 20.3 Å². The van der Waals surface area contributed by atoms with Crippen LogP contribution in [0.2, 0.25) is 0 Å². The number of anilines is 1. The van der Waals surface area contributed by atoms with Crippen LogP contribution in [0.3, 0.4) is 0 Å². The third-order valence-corrected chi connectivity index (χ3v) is 6.23. The summed E-state index contributed by atoms with van der Waals surface area (Å²) in [4.78, 5) is 22.8. The summed E-state index contributed by atoms with van der Waals surface area (Å²) in [5.74, 6) is 0.110. The van der Waals surface area contributed by atoms with Crippen molar-refractivity contribution in [3.8, 4) is 0 Å². The van der Waals surface area contributed by atoms with E-state index in [-0.39, 0.29) is 18.3 Å². The Kier molecular flexibility index (Phi) is 7.17. The van der Waals surface area contributed by atoms with Crippen molar-refractivity contribution in [3.63, 3.8) is 0 Å². The number of carbonyl (C=O) groups is 1. The summed E-state index contributed by atoms with van der Waals surface area (Å²) in [5.41, 5.74) is 3.38. The molecule has 0 saturated carbocycles. The fourth-order valence-corrected chi connectivity index (χ4v) is 4.50. The van der Waals surface area contributed by atoms with E-state index < -0.39 is 0 Å². The molecule has 0 unspecified atom stereocenters. The number of hydrogen-bond donors (Lipinski definition) is 0. The van der Waals surface area contributed by atoms with Gasteiger partial charge in [0.05, 0.1) is 16.6 Å². The molecule has 1 amide bonds. The molecule has 2 aromatic heterocycles. The molecule has 0 aliphatic rings. The van der Waals surface area contributed by atoms with E-state index in [1.165, 1.54) is 10.3 Å². The van der Waals surface area contributed by atoms with Crippen LogP contribution in [-0.4, -0.2) is 43.0 Å². The minimum absolute atomic E-state index is 0. The average molecular weight is 410 g/mol. The Labute approximate surface area is 168 Å². The van der Waals surface area contributed by atoms with Crippen LogP contribution in [-0.2, 0) is 11.2 Å². The first-order valence-corrected chi connectivity index (χ1v) is 9.99. The molecule has 26 heavy (non-hydrogen) atoms. The predicted octanol–water partition coefficient (Wildman–Crippen LogP) is 4.53. The first-order chi connectivity index (χ1) is 12.0. The van der Waals surface area contributed by atoms with Crippen LogP contribution in [0.25, 0.3) is 10.2 Å². The van der Waals surface area contributed by atoms with Crippen LogP contribution in [0.15, 0.2) is 29.6 Å². The molecule has 0 atom stereocenters. The molecule has 1 aromatic carbocycles. The minimum atomic E-state index is 0. The van der Waals surface area contributed by atoms with E-state index in [9.17, 15) is 4.79 Å². The van der Waals surface area contributed by atoms with Gasteiger partial charge in [0.15, 0.2) is 5.13 Å². The highest BCUT2D eigenvalue weighted by molar-refractivity contribution is 7.22. The number of carbonyl (C=O) groups excluding carboxylic acids is 1. The molecule has 0 aliphatic heterocycles. The van der Waals surface area contributed by atoms with Gasteiger partial charge in [0.25, 0.3) is 0 Å². The zero-order chi connectivity index (χ0) is 18.0. The van der Waals surface area contributed by atoms with Crippen molar-refractivity contribution in [1.82, 2.24) is 9.88 Å². The summed E-state index contributed by atoms with van der Waals surface area (Å²) in [6.45, 7) is 5.63. The van der Waals surface area contributed by atoms with Crippen LogP contribution in [0.5, 0.6) is 0 Å². The van der Waals surface area contributed by atoms with Gasteiger partial charge in [-0.15, -0.1) is 23.7 Å². The molecule has 0 N–H and O–H groups in total. The van der Waals surface area contributed by atoms with E-state index in [0.29, 0.717) is 13.0 Å². The molecule has 3 rings (SSSR count). The lowest BCUT2D eigenvalue weighted by Crippen LogP contribution is -2.37. The number of aryl methyl sites for hydroxylation is 2. The second-order valence-corrected chi connectivity index (χ2v) is 8.49. The van der Waals surface area contributed by atoms with Gasteiger partial charge in [-0.05, 0) is 50.5 Å². The second-order valence-electron chi connectivity index (χ2n) is 6.48. The largest absolute Gasteiger partial charge is 0.308 e. The van der Waals surface area contributed by atoms with Crippen molar-refractivity contribution in [1.29, 1.82) is 0 Å². The number of thiazole rings is 1. The molecule has 2 heterocycles. The van der Waals surface area contributed by atoms with Gasteiger partial charge in [-0.25, -0.2) is 4.98 Å². The molecule has 0 saturated heterocycles. The van der Waals surface area contributed by atoms with Gasteiger partial charge < -0.3 is 4.90 Å². The van der Waals surface area contributed by atoms with Crippen molar-refractivity contribution in [2.24, 2.45) is 0 Å².